The minimum absolute atomic E-state index is 0.120. The normalized spacial score (nSPS) is 10.9. The maximum Gasteiger partial charge on any atom is 0.246 e. The van der Waals surface area contributed by atoms with Crippen LogP contribution in [0.5, 0.6) is 0 Å². The fourth-order valence-corrected chi connectivity index (χ4v) is 2.14. The highest BCUT2D eigenvalue weighted by Gasteiger charge is 2.07. The van der Waals surface area contributed by atoms with Gasteiger partial charge in [0.15, 0.2) is 0 Å². The van der Waals surface area contributed by atoms with E-state index in [0.717, 1.165) is 31.5 Å². The monoisotopic (exact) mass is 237 g/mol. The van der Waals surface area contributed by atoms with Crippen molar-refractivity contribution in [3.8, 4) is 0 Å². The summed E-state index contributed by atoms with van der Waals surface area (Å²) >= 11 is 1.64. The van der Waals surface area contributed by atoms with Gasteiger partial charge in [-0.15, -0.1) is 0 Å². The van der Waals surface area contributed by atoms with Crippen LogP contribution in [0.4, 0.5) is 0 Å². The molecule has 0 radical (unpaired) electrons. The number of nitrogens with zero attached hydrogens (tertiary/aromatic N) is 1. The van der Waals surface area contributed by atoms with Crippen molar-refractivity contribution < 1.29 is 4.79 Å². The molecular formula is C13H19NOS. The zero-order valence-electron chi connectivity index (χ0n) is 9.98. The fraction of sp³-hybridized carbons (Fsp3) is 0.462. The van der Waals surface area contributed by atoms with Crippen LogP contribution in [0.15, 0.2) is 22.9 Å². The third-order valence-corrected chi connectivity index (χ3v) is 2.96. The first-order chi connectivity index (χ1) is 7.77. The number of hydrogen-bond donors (Lipinski definition) is 0. The summed E-state index contributed by atoms with van der Waals surface area (Å²) in [5.41, 5.74) is 1.10. The van der Waals surface area contributed by atoms with Gasteiger partial charge >= 0.3 is 0 Å². The number of carbonyl (C=O) groups excluding carboxylic acids is 1. The van der Waals surface area contributed by atoms with Gasteiger partial charge < -0.3 is 4.90 Å². The highest BCUT2D eigenvalue weighted by atomic mass is 32.1. The van der Waals surface area contributed by atoms with Gasteiger partial charge in [-0.25, -0.2) is 0 Å². The second kappa shape index (κ2) is 7.23. The Kier molecular flexibility index (Phi) is 5.86. The molecule has 16 heavy (non-hydrogen) atoms. The summed E-state index contributed by atoms with van der Waals surface area (Å²) < 4.78 is 0. The molecule has 0 aliphatic rings. The zero-order valence-corrected chi connectivity index (χ0v) is 10.8. The third-order valence-electron chi connectivity index (χ3n) is 2.26. The van der Waals surface area contributed by atoms with E-state index < -0.39 is 0 Å². The van der Waals surface area contributed by atoms with Crippen molar-refractivity contribution in [3.05, 3.63) is 28.5 Å². The molecule has 1 amide bonds. The summed E-state index contributed by atoms with van der Waals surface area (Å²) in [6, 6.07) is 2.01. The molecule has 0 N–H and O–H groups in total. The molecule has 1 aromatic rings. The molecule has 1 rings (SSSR count). The average molecular weight is 237 g/mol. The number of carbonyl (C=O) groups is 1. The van der Waals surface area contributed by atoms with Crippen LogP contribution in [0.2, 0.25) is 0 Å². The van der Waals surface area contributed by atoms with Gasteiger partial charge in [-0.05, 0) is 41.3 Å². The first kappa shape index (κ1) is 13.0. The van der Waals surface area contributed by atoms with E-state index in [1.807, 2.05) is 27.8 Å². The quantitative estimate of drug-likeness (QED) is 0.694. The van der Waals surface area contributed by atoms with Crippen LogP contribution in [0.1, 0.15) is 32.3 Å². The van der Waals surface area contributed by atoms with Crippen molar-refractivity contribution in [2.75, 3.05) is 13.1 Å². The highest BCUT2D eigenvalue weighted by molar-refractivity contribution is 7.08. The summed E-state index contributed by atoms with van der Waals surface area (Å²) in [7, 11) is 0. The molecule has 0 aliphatic heterocycles. The lowest BCUT2D eigenvalue weighted by molar-refractivity contribution is -0.126. The molecule has 0 fully saturated rings. The molecule has 0 saturated heterocycles. The van der Waals surface area contributed by atoms with E-state index in [2.05, 4.69) is 13.8 Å². The highest BCUT2D eigenvalue weighted by Crippen LogP contribution is 2.08. The van der Waals surface area contributed by atoms with E-state index in [1.165, 1.54) is 0 Å². The minimum atomic E-state index is 0.120. The van der Waals surface area contributed by atoms with Crippen molar-refractivity contribution in [2.45, 2.75) is 26.7 Å². The molecule has 88 valence electrons. The lowest BCUT2D eigenvalue weighted by Crippen LogP contribution is -2.30. The van der Waals surface area contributed by atoms with Crippen molar-refractivity contribution >= 4 is 23.3 Å². The van der Waals surface area contributed by atoms with Crippen LogP contribution in [0, 0.1) is 0 Å². The second-order valence-electron chi connectivity index (χ2n) is 3.72. The lowest BCUT2D eigenvalue weighted by Gasteiger charge is -2.19. The third kappa shape index (κ3) is 4.19. The molecule has 0 unspecified atom stereocenters. The SMILES string of the molecule is CCCN(CCC)C(=O)/C=C/c1ccsc1. The first-order valence-electron chi connectivity index (χ1n) is 5.77. The van der Waals surface area contributed by atoms with Gasteiger partial charge in [0.25, 0.3) is 0 Å². The van der Waals surface area contributed by atoms with Crippen LogP contribution in [0.25, 0.3) is 6.08 Å². The Bertz CT molecular complexity index is 324. The summed E-state index contributed by atoms with van der Waals surface area (Å²) in [5, 5.41) is 4.05. The van der Waals surface area contributed by atoms with E-state index in [9.17, 15) is 4.79 Å². The standard InChI is InChI=1S/C13H19NOS/c1-3-8-14(9-4-2)13(15)6-5-12-7-10-16-11-12/h5-7,10-11H,3-4,8-9H2,1-2H3/b6-5+. The largest absolute Gasteiger partial charge is 0.339 e. The van der Waals surface area contributed by atoms with Gasteiger partial charge in [0.1, 0.15) is 0 Å². The molecule has 0 aliphatic carbocycles. The molecule has 0 spiro atoms. The van der Waals surface area contributed by atoms with Crippen molar-refractivity contribution in [2.24, 2.45) is 0 Å². The average Bonchev–Trinajstić information content (AvgIpc) is 2.78. The maximum atomic E-state index is 11.9. The van der Waals surface area contributed by atoms with Crippen molar-refractivity contribution in [3.63, 3.8) is 0 Å². The van der Waals surface area contributed by atoms with Gasteiger partial charge in [0, 0.05) is 19.2 Å². The number of thiophene rings is 1. The Labute approximate surface area is 102 Å². The van der Waals surface area contributed by atoms with E-state index in [4.69, 9.17) is 0 Å². The molecule has 1 aromatic heterocycles. The molecule has 2 nitrogen and oxygen atoms in total. The van der Waals surface area contributed by atoms with Crippen LogP contribution in [-0.2, 0) is 4.79 Å². The van der Waals surface area contributed by atoms with E-state index >= 15 is 0 Å². The van der Waals surface area contributed by atoms with Gasteiger partial charge in [0.2, 0.25) is 5.91 Å². The Morgan fingerprint density at radius 3 is 2.56 bits per heavy atom. The molecule has 3 heteroatoms. The Balaban J connectivity index is 2.54. The number of rotatable bonds is 6. The molecule has 0 bridgehead atoms. The molecule has 1 heterocycles. The van der Waals surface area contributed by atoms with E-state index in [0.29, 0.717) is 0 Å². The van der Waals surface area contributed by atoms with Gasteiger partial charge in [-0.1, -0.05) is 13.8 Å². The van der Waals surface area contributed by atoms with Crippen LogP contribution < -0.4 is 0 Å². The molecule has 0 aromatic carbocycles. The van der Waals surface area contributed by atoms with Crippen molar-refractivity contribution in [1.82, 2.24) is 4.90 Å². The molecule has 0 saturated carbocycles. The topological polar surface area (TPSA) is 20.3 Å². The van der Waals surface area contributed by atoms with Crippen LogP contribution in [0.3, 0.4) is 0 Å². The van der Waals surface area contributed by atoms with Crippen LogP contribution in [-0.4, -0.2) is 23.9 Å². The van der Waals surface area contributed by atoms with Crippen molar-refractivity contribution in [1.29, 1.82) is 0 Å². The summed E-state index contributed by atoms with van der Waals surface area (Å²) in [6.07, 6.45) is 5.58. The number of hydrogen-bond acceptors (Lipinski definition) is 2. The predicted molar refractivity (Wildman–Crippen MR) is 70.5 cm³/mol. The van der Waals surface area contributed by atoms with Gasteiger partial charge in [-0.2, -0.15) is 11.3 Å². The zero-order chi connectivity index (χ0) is 11.8. The second-order valence-corrected chi connectivity index (χ2v) is 4.50. The Morgan fingerprint density at radius 2 is 2.06 bits per heavy atom. The molecule has 0 atom stereocenters. The summed E-state index contributed by atoms with van der Waals surface area (Å²) in [5.74, 6) is 0.120. The Morgan fingerprint density at radius 1 is 1.38 bits per heavy atom. The minimum Gasteiger partial charge on any atom is -0.339 e. The maximum absolute atomic E-state index is 11.9. The smallest absolute Gasteiger partial charge is 0.246 e. The predicted octanol–water partition coefficient (Wildman–Crippen LogP) is 3.41. The molecular weight excluding hydrogens is 218 g/mol. The summed E-state index contributed by atoms with van der Waals surface area (Å²) in [6.45, 7) is 5.89. The first-order valence-corrected chi connectivity index (χ1v) is 6.71. The van der Waals surface area contributed by atoms with Gasteiger partial charge in [-0.3, -0.25) is 4.79 Å². The number of amides is 1. The lowest BCUT2D eigenvalue weighted by atomic mass is 10.3. The Hall–Kier alpha value is -1.09. The van der Waals surface area contributed by atoms with Crippen LogP contribution >= 0.6 is 11.3 Å². The van der Waals surface area contributed by atoms with Gasteiger partial charge in [0.05, 0.1) is 0 Å². The van der Waals surface area contributed by atoms with E-state index in [-0.39, 0.29) is 5.91 Å². The fourth-order valence-electron chi connectivity index (χ4n) is 1.51. The summed E-state index contributed by atoms with van der Waals surface area (Å²) in [4.78, 5) is 13.8. The van der Waals surface area contributed by atoms with E-state index in [1.54, 1.807) is 17.4 Å².